The van der Waals surface area contributed by atoms with Crippen LogP contribution in [0.15, 0.2) is 18.2 Å². The van der Waals surface area contributed by atoms with Gasteiger partial charge in [0.15, 0.2) is 11.5 Å². The Balaban J connectivity index is 2.97. The van der Waals surface area contributed by atoms with Gasteiger partial charge in [0.25, 0.3) is 0 Å². The number of benzene rings is 1. The van der Waals surface area contributed by atoms with Gasteiger partial charge in [0.1, 0.15) is 0 Å². The topological polar surface area (TPSA) is 30.5 Å². The molecule has 0 radical (unpaired) electrons. The molecule has 0 aromatic heterocycles. The monoisotopic (exact) mass is 265 g/mol. The second kappa shape index (κ2) is 8.05. The summed E-state index contributed by atoms with van der Waals surface area (Å²) >= 11 is 0. The maximum atomic E-state index is 5.53. The summed E-state index contributed by atoms with van der Waals surface area (Å²) in [6, 6.07) is 6.36. The van der Waals surface area contributed by atoms with Gasteiger partial charge in [-0.1, -0.05) is 38.8 Å². The zero-order valence-corrected chi connectivity index (χ0v) is 12.8. The Bertz CT molecular complexity index is 379. The molecular formula is C16H27NO2. The van der Waals surface area contributed by atoms with Crippen molar-refractivity contribution >= 4 is 0 Å². The summed E-state index contributed by atoms with van der Waals surface area (Å²) in [7, 11) is 5.38. The standard InChI is InChI=1S/C16H27NO2/c1-6-8-12(2)11-14(17-3)13-9-7-10-15(18-4)16(13)19-5/h7,9-10,12,14,17H,6,8,11H2,1-5H3. The highest BCUT2D eigenvalue weighted by atomic mass is 16.5. The molecule has 3 heteroatoms. The van der Waals surface area contributed by atoms with Crippen LogP contribution in [0.2, 0.25) is 0 Å². The molecule has 108 valence electrons. The lowest BCUT2D eigenvalue weighted by molar-refractivity contribution is 0.339. The Morgan fingerprint density at radius 1 is 1.21 bits per heavy atom. The summed E-state index contributed by atoms with van der Waals surface area (Å²) in [5, 5.41) is 3.40. The highest BCUT2D eigenvalue weighted by molar-refractivity contribution is 5.48. The third-order valence-electron chi connectivity index (χ3n) is 3.58. The molecule has 1 rings (SSSR count). The van der Waals surface area contributed by atoms with Crippen LogP contribution in [0.25, 0.3) is 0 Å². The molecule has 0 aliphatic carbocycles. The van der Waals surface area contributed by atoms with E-state index in [1.807, 2.05) is 19.2 Å². The lowest BCUT2D eigenvalue weighted by Gasteiger charge is -2.23. The Hall–Kier alpha value is -1.22. The molecule has 0 heterocycles. The van der Waals surface area contributed by atoms with E-state index in [4.69, 9.17) is 9.47 Å². The van der Waals surface area contributed by atoms with Crippen LogP contribution in [0, 0.1) is 5.92 Å². The van der Waals surface area contributed by atoms with Crippen molar-refractivity contribution in [3.8, 4) is 11.5 Å². The number of hydrogen-bond donors (Lipinski definition) is 1. The van der Waals surface area contributed by atoms with E-state index < -0.39 is 0 Å². The fraction of sp³-hybridized carbons (Fsp3) is 0.625. The second-order valence-electron chi connectivity index (χ2n) is 5.05. The first kappa shape index (κ1) is 15.8. The summed E-state index contributed by atoms with van der Waals surface area (Å²) in [4.78, 5) is 0. The van der Waals surface area contributed by atoms with Crippen molar-refractivity contribution < 1.29 is 9.47 Å². The molecule has 0 saturated carbocycles. The molecule has 1 aromatic carbocycles. The maximum absolute atomic E-state index is 5.53. The predicted molar refractivity (Wildman–Crippen MR) is 80.0 cm³/mol. The van der Waals surface area contributed by atoms with Gasteiger partial charge in [0.05, 0.1) is 14.2 Å². The first-order valence-corrected chi connectivity index (χ1v) is 7.06. The third kappa shape index (κ3) is 4.13. The van der Waals surface area contributed by atoms with Crippen LogP contribution in [0.3, 0.4) is 0 Å². The molecule has 0 saturated heterocycles. The van der Waals surface area contributed by atoms with Crippen LogP contribution in [0.1, 0.15) is 44.7 Å². The molecule has 2 atom stereocenters. The molecule has 19 heavy (non-hydrogen) atoms. The van der Waals surface area contributed by atoms with Crippen molar-refractivity contribution in [1.29, 1.82) is 0 Å². The van der Waals surface area contributed by atoms with Crippen LogP contribution in [-0.2, 0) is 0 Å². The first-order valence-electron chi connectivity index (χ1n) is 7.06. The number of methoxy groups -OCH3 is 2. The Morgan fingerprint density at radius 2 is 1.95 bits per heavy atom. The van der Waals surface area contributed by atoms with Crippen LogP contribution >= 0.6 is 0 Å². The summed E-state index contributed by atoms with van der Waals surface area (Å²) < 4.78 is 10.9. The molecule has 0 aliphatic rings. The minimum atomic E-state index is 0.298. The van der Waals surface area contributed by atoms with Gasteiger partial charge in [-0.15, -0.1) is 0 Å². The van der Waals surface area contributed by atoms with Crippen molar-refractivity contribution in [1.82, 2.24) is 5.32 Å². The highest BCUT2D eigenvalue weighted by Gasteiger charge is 2.19. The van der Waals surface area contributed by atoms with Crippen molar-refractivity contribution in [3.05, 3.63) is 23.8 Å². The molecule has 1 aromatic rings. The number of rotatable bonds is 8. The molecule has 0 fully saturated rings. The van der Waals surface area contributed by atoms with E-state index in [1.54, 1.807) is 14.2 Å². The summed E-state index contributed by atoms with van der Waals surface area (Å²) in [6.07, 6.45) is 3.59. The van der Waals surface area contributed by atoms with E-state index in [9.17, 15) is 0 Å². The number of hydrogen-bond acceptors (Lipinski definition) is 3. The smallest absolute Gasteiger partial charge is 0.165 e. The van der Waals surface area contributed by atoms with Crippen LogP contribution in [-0.4, -0.2) is 21.3 Å². The van der Waals surface area contributed by atoms with Crippen LogP contribution in [0.5, 0.6) is 11.5 Å². The maximum Gasteiger partial charge on any atom is 0.165 e. The van der Waals surface area contributed by atoms with E-state index in [1.165, 1.54) is 18.4 Å². The van der Waals surface area contributed by atoms with Gasteiger partial charge in [0.2, 0.25) is 0 Å². The quantitative estimate of drug-likeness (QED) is 0.775. The Kier molecular flexibility index (Phi) is 6.71. The average molecular weight is 265 g/mol. The van der Waals surface area contributed by atoms with E-state index in [0.29, 0.717) is 12.0 Å². The van der Waals surface area contributed by atoms with Gasteiger partial charge in [-0.3, -0.25) is 0 Å². The van der Waals surface area contributed by atoms with Gasteiger partial charge in [-0.05, 0) is 25.5 Å². The van der Waals surface area contributed by atoms with Crippen LogP contribution < -0.4 is 14.8 Å². The zero-order chi connectivity index (χ0) is 14.3. The summed E-state index contributed by atoms with van der Waals surface area (Å²) in [5.74, 6) is 2.33. The fourth-order valence-corrected chi connectivity index (χ4v) is 2.60. The van der Waals surface area contributed by atoms with Gasteiger partial charge in [0, 0.05) is 11.6 Å². The minimum absolute atomic E-state index is 0.298. The molecule has 0 amide bonds. The van der Waals surface area contributed by atoms with E-state index in [-0.39, 0.29) is 0 Å². The third-order valence-corrected chi connectivity index (χ3v) is 3.58. The molecule has 0 spiro atoms. The van der Waals surface area contributed by atoms with E-state index in [2.05, 4.69) is 25.2 Å². The molecule has 3 nitrogen and oxygen atoms in total. The fourth-order valence-electron chi connectivity index (χ4n) is 2.60. The second-order valence-corrected chi connectivity index (χ2v) is 5.05. The van der Waals surface area contributed by atoms with Crippen LogP contribution in [0.4, 0.5) is 0 Å². The molecule has 0 aliphatic heterocycles. The Labute approximate surface area is 117 Å². The number of para-hydroxylation sites is 1. The lowest BCUT2D eigenvalue weighted by Crippen LogP contribution is -2.20. The molecule has 1 N–H and O–H groups in total. The number of ether oxygens (including phenoxy) is 2. The normalized spacial score (nSPS) is 13.9. The van der Waals surface area contributed by atoms with Gasteiger partial charge >= 0.3 is 0 Å². The van der Waals surface area contributed by atoms with Gasteiger partial charge in [-0.25, -0.2) is 0 Å². The van der Waals surface area contributed by atoms with E-state index in [0.717, 1.165) is 17.9 Å². The van der Waals surface area contributed by atoms with Crippen molar-refractivity contribution in [2.45, 2.75) is 39.2 Å². The van der Waals surface area contributed by atoms with E-state index >= 15 is 0 Å². The average Bonchev–Trinajstić information content (AvgIpc) is 2.44. The van der Waals surface area contributed by atoms with Crippen molar-refractivity contribution in [2.75, 3.05) is 21.3 Å². The number of nitrogens with one attached hydrogen (secondary N) is 1. The SMILES string of the molecule is CCCC(C)CC(NC)c1cccc(OC)c1OC. The summed E-state index contributed by atoms with van der Waals surface area (Å²) in [5.41, 5.74) is 1.17. The molecule has 2 unspecified atom stereocenters. The van der Waals surface area contributed by atoms with Crippen molar-refractivity contribution in [3.63, 3.8) is 0 Å². The molecule has 0 bridgehead atoms. The zero-order valence-electron chi connectivity index (χ0n) is 12.8. The van der Waals surface area contributed by atoms with Crippen molar-refractivity contribution in [2.24, 2.45) is 5.92 Å². The Morgan fingerprint density at radius 3 is 2.47 bits per heavy atom. The lowest BCUT2D eigenvalue weighted by atomic mass is 9.92. The highest BCUT2D eigenvalue weighted by Crippen LogP contribution is 2.37. The minimum Gasteiger partial charge on any atom is -0.493 e. The van der Waals surface area contributed by atoms with Gasteiger partial charge < -0.3 is 14.8 Å². The first-order chi connectivity index (χ1) is 9.17. The molecular weight excluding hydrogens is 238 g/mol. The summed E-state index contributed by atoms with van der Waals surface area (Å²) in [6.45, 7) is 4.54. The van der Waals surface area contributed by atoms with Gasteiger partial charge in [-0.2, -0.15) is 0 Å². The predicted octanol–water partition coefficient (Wildman–Crippen LogP) is 3.79. The largest absolute Gasteiger partial charge is 0.493 e.